The van der Waals surface area contributed by atoms with Gasteiger partial charge in [0.05, 0.1) is 27.7 Å². The van der Waals surface area contributed by atoms with E-state index in [1.807, 2.05) is 21.1 Å². The molecular weight excluding hydrogens is 1060 g/mol. The fourth-order valence-corrected chi connectivity index (χ4v) is 9.25. The van der Waals surface area contributed by atoms with E-state index in [9.17, 15) is 19.0 Å². The first-order valence-corrected chi connectivity index (χ1v) is 34.7. The molecule has 0 saturated carbocycles. The van der Waals surface area contributed by atoms with E-state index < -0.39 is 32.5 Å². The lowest BCUT2D eigenvalue weighted by Gasteiger charge is -2.28. The normalized spacial score (nSPS) is 14.2. The zero-order chi connectivity index (χ0) is 61.2. The Kier molecular flexibility index (Phi) is 59.9. The second-order valence-corrected chi connectivity index (χ2v) is 24.1. The van der Waals surface area contributed by atoms with Crippen LogP contribution in [0, 0.1) is 0 Å². The molecule has 0 N–H and O–H groups in total. The van der Waals surface area contributed by atoms with Crippen molar-refractivity contribution in [1.29, 1.82) is 0 Å². The summed E-state index contributed by atoms with van der Waals surface area (Å²) in [4.78, 5) is 38.0. The topological polar surface area (TPSA) is 111 Å². The van der Waals surface area contributed by atoms with E-state index in [0.29, 0.717) is 23.9 Å². The van der Waals surface area contributed by atoms with E-state index in [-0.39, 0.29) is 26.1 Å². The van der Waals surface area contributed by atoms with Gasteiger partial charge in [-0.1, -0.05) is 268 Å². The van der Waals surface area contributed by atoms with E-state index in [2.05, 4.69) is 172 Å². The molecule has 0 aliphatic heterocycles. The molecule has 0 spiro atoms. The highest BCUT2D eigenvalue weighted by atomic mass is 31.2. The van der Waals surface area contributed by atoms with Crippen LogP contribution in [0.5, 0.6) is 0 Å². The highest BCUT2D eigenvalue weighted by molar-refractivity contribution is 7.45. The Morgan fingerprint density at radius 3 is 0.952 bits per heavy atom. The molecule has 9 nitrogen and oxygen atoms in total. The zero-order valence-electron chi connectivity index (χ0n) is 54.0. The number of rotatable bonds is 59. The Morgan fingerprint density at radius 1 is 0.369 bits per heavy atom. The second-order valence-electron chi connectivity index (χ2n) is 22.7. The minimum Gasteiger partial charge on any atom is -0.756 e. The lowest BCUT2D eigenvalue weighted by Crippen LogP contribution is -2.37. The molecule has 0 aliphatic rings. The number of phosphoric acid groups is 1. The molecule has 0 aromatic carbocycles. The molecule has 0 aromatic rings. The molecule has 0 radical (unpaired) electrons. The third-order valence-corrected chi connectivity index (χ3v) is 14.5. The van der Waals surface area contributed by atoms with Crippen molar-refractivity contribution >= 4 is 19.8 Å². The van der Waals surface area contributed by atoms with E-state index in [1.165, 1.54) is 70.6 Å². The van der Waals surface area contributed by atoms with E-state index in [4.69, 9.17) is 18.5 Å². The Hall–Kier alpha value is -4.37. The summed E-state index contributed by atoms with van der Waals surface area (Å²) < 4.78 is 34.2. The van der Waals surface area contributed by atoms with E-state index in [0.717, 1.165) is 135 Å². The Balaban J connectivity index is 4.12. The van der Waals surface area contributed by atoms with Gasteiger partial charge in [0, 0.05) is 12.8 Å². The third-order valence-electron chi connectivity index (χ3n) is 13.5. The first-order valence-electron chi connectivity index (χ1n) is 33.2. The number of likely N-dealkylation sites (N-methyl/N-ethyl adjacent to an activating group) is 1. The van der Waals surface area contributed by atoms with Gasteiger partial charge in [-0.3, -0.25) is 14.2 Å². The molecule has 0 saturated heterocycles. The van der Waals surface area contributed by atoms with Gasteiger partial charge in [0.2, 0.25) is 0 Å². The molecule has 0 amide bonds. The van der Waals surface area contributed by atoms with Crippen molar-refractivity contribution < 1.29 is 42.1 Å². The molecule has 2 unspecified atom stereocenters. The van der Waals surface area contributed by atoms with Crippen molar-refractivity contribution in [3.05, 3.63) is 158 Å². The zero-order valence-corrected chi connectivity index (χ0v) is 54.9. The first-order chi connectivity index (χ1) is 41.0. The van der Waals surface area contributed by atoms with Crippen LogP contribution in [-0.4, -0.2) is 70.0 Å². The van der Waals surface area contributed by atoms with Crippen molar-refractivity contribution in [3.63, 3.8) is 0 Å². The summed E-state index contributed by atoms with van der Waals surface area (Å²) in [7, 11) is 1.14. The predicted octanol–water partition coefficient (Wildman–Crippen LogP) is 21.0. The highest BCUT2D eigenvalue weighted by Gasteiger charge is 2.22. The fourth-order valence-electron chi connectivity index (χ4n) is 8.52. The maximum Gasteiger partial charge on any atom is 0.306 e. The van der Waals surface area contributed by atoms with Crippen LogP contribution < -0.4 is 4.89 Å². The van der Waals surface area contributed by atoms with E-state index >= 15 is 0 Å². The maximum absolute atomic E-state index is 12.8. The first kappa shape index (κ1) is 79.6. The predicted molar refractivity (Wildman–Crippen MR) is 360 cm³/mol. The number of unbranched alkanes of at least 4 members (excludes halogenated alkanes) is 19. The summed E-state index contributed by atoms with van der Waals surface area (Å²) in [6.45, 7) is 3.99. The van der Waals surface area contributed by atoms with Crippen LogP contribution >= 0.6 is 7.82 Å². The number of allylic oxidation sites excluding steroid dienone is 26. The molecular formula is C74H122NO8P. The molecule has 2 atom stereocenters. The monoisotopic (exact) mass is 1180 g/mol. The lowest BCUT2D eigenvalue weighted by molar-refractivity contribution is -0.870. The molecule has 0 bridgehead atoms. The van der Waals surface area contributed by atoms with Crippen LogP contribution in [0.25, 0.3) is 0 Å². The number of carbonyl (C=O) groups excluding carboxylic acids is 2. The standard InChI is InChI=1S/C74H122NO8P/c1-6-8-10-12-14-16-18-20-22-24-26-28-29-30-31-32-33-34-35-36-37-38-39-40-41-42-43-44-45-47-49-51-53-55-57-59-61-63-65-67-74(77)83-72(71-82-84(78,79)81-69-68-75(3,4)5)70-80-73(76)66-64-62-60-58-56-54-52-50-48-46-27-25-23-21-19-17-15-13-11-9-7-2/h8-11,14-17,20-23,26-28,30-31,33-34,36-37,39-40,42-43,46,72H,6-7,12-13,18-19,24-25,29,32,35,38,41,44-45,47-71H2,1-5H3/b10-8-,11-9-,16-14-,17-15-,22-20-,23-21-,28-26-,31-30-,34-33-,37-36-,40-39-,43-42-,46-27-. The average Bonchev–Trinajstić information content (AvgIpc) is 3.61. The fraction of sp³-hybridized carbons (Fsp3) is 0.622. The van der Waals surface area contributed by atoms with Crippen LogP contribution in [0.4, 0.5) is 0 Å². The van der Waals surface area contributed by atoms with Crippen LogP contribution in [0.3, 0.4) is 0 Å². The number of phosphoric ester groups is 1. The smallest absolute Gasteiger partial charge is 0.306 e. The minimum atomic E-state index is -4.65. The molecule has 476 valence electrons. The molecule has 10 heteroatoms. The van der Waals surface area contributed by atoms with Crippen molar-refractivity contribution in [3.8, 4) is 0 Å². The lowest BCUT2D eigenvalue weighted by atomic mass is 10.0. The Morgan fingerprint density at radius 2 is 0.643 bits per heavy atom. The summed E-state index contributed by atoms with van der Waals surface area (Å²) in [6, 6.07) is 0. The van der Waals surface area contributed by atoms with Gasteiger partial charge in [0.25, 0.3) is 7.82 Å². The number of ether oxygens (including phenoxy) is 2. The quantitative estimate of drug-likeness (QED) is 0.0195. The van der Waals surface area contributed by atoms with Gasteiger partial charge >= 0.3 is 11.9 Å². The molecule has 0 fully saturated rings. The van der Waals surface area contributed by atoms with Crippen molar-refractivity contribution in [1.82, 2.24) is 0 Å². The van der Waals surface area contributed by atoms with Crippen molar-refractivity contribution in [2.24, 2.45) is 0 Å². The molecule has 0 aliphatic carbocycles. The number of hydrogen-bond donors (Lipinski definition) is 0. The van der Waals surface area contributed by atoms with Crippen molar-refractivity contribution in [2.75, 3.05) is 47.5 Å². The maximum atomic E-state index is 12.8. The number of quaternary nitrogens is 1. The number of hydrogen-bond acceptors (Lipinski definition) is 8. The molecule has 84 heavy (non-hydrogen) atoms. The SMILES string of the molecule is CC/C=C\C/C=C\C/C=C\C/C=C\C/C=C\C/C=C\C/C=C\C/C=C\C/C=C\CCCCCCCCCCCCCC(=O)OC(COC(=O)CCCCCCCCCC/C=C\C/C=C\C/C=C\C/C=C\CC)COP(=O)([O-])OCC[N+](C)(C)C. The Bertz CT molecular complexity index is 1970. The van der Waals surface area contributed by atoms with Gasteiger partial charge < -0.3 is 27.9 Å². The van der Waals surface area contributed by atoms with Crippen molar-refractivity contribution in [2.45, 2.75) is 251 Å². The average molecular weight is 1180 g/mol. The third kappa shape index (κ3) is 66.8. The van der Waals surface area contributed by atoms with Gasteiger partial charge in [-0.2, -0.15) is 0 Å². The largest absolute Gasteiger partial charge is 0.756 e. The van der Waals surface area contributed by atoms with Gasteiger partial charge in [0.15, 0.2) is 6.10 Å². The molecule has 0 aromatic heterocycles. The van der Waals surface area contributed by atoms with Gasteiger partial charge in [0.1, 0.15) is 19.8 Å². The molecule has 0 rings (SSSR count). The second kappa shape index (κ2) is 63.1. The van der Waals surface area contributed by atoms with Gasteiger partial charge in [-0.25, -0.2) is 0 Å². The number of esters is 2. The van der Waals surface area contributed by atoms with Crippen LogP contribution in [0.1, 0.15) is 245 Å². The van der Waals surface area contributed by atoms with Crippen LogP contribution in [-0.2, 0) is 32.7 Å². The van der Waals surface area contributed by atoms with Crippen LogP contribution in [0.2, 0.25) is 0 Å². The highest BCUT2D eigenvalue weighted by Crippen LogP contribution is 2.38. The minimum absolute atomic E-state index is 0.0405. The summed E-state index contributed by atoms with van der Waals surface area (Å²) in [6.07, 6.45) is 94.5. The summed E-state index contributed by atoms with van der Waals surface area (Å²) in [5, 5.41) is 0. The number of carbonyl (C=O) groups is 2. The summed E-state index contributed by atoms with van der Waals surface area (Å²) >= 11 is 0. The Labute approximate surface area is 516 Å². The molecule has 0 heterocycles. The number of nitrogens with zero attached hydrogens (tertiary/aromatic N) is 1. The van der Waals surface area contributed by atoms with Crippen LogP contribution in [0.15, 0.2) is 158 Å². The van der Waals surface area contributed by atoms with Gasteiger partial charge in [-0.15, -0.1) is 0 Å². The van der Waals surface area contributed by atoms with Gasteiger partial charge in [-0.05, 0) is 122 Å². The summed E-state index contributed by atoms with van der Waals surface area (Å²) in [5.74, 6) is -0.854. The van der Waals surface area contributed by atoms with E-state index in [1.54, 1.807) is 0 Å². The summed E-state index contributed by atoms with van der Waals surface area (Å²) in [5.41, 5.74) is 0.